The molecule has 0 bridgehead atoms. The largest absolute Gasteiger partial charge is 0.507 e. The lowest BCUT2D eigenvalue weighted by molar-refractivity contribution is -0.125. The summed E-state index contributed by atoms with van der Waals surface area (Å²) in [5, 5.41) is 10.3. The molecule has 1 aromatic carbocycles. The molecule has 0 fully saturated rings. The van der Waals surface area contributed by atoms with Gasteiger partial charge in [-0.3, -0.25) is 9.78 Å². The highest BCUT2D eigenvalue weighted by atomic mass is 16.5. The second-order valence-corrected chi connectivity index (χ2v) is 6.41. The van der Waals surface area contributed by atoms with Crippen LogP contribution in [0.4, 0.5) is 0 Å². The van der Waals surface area contributed by atoms with E-state index in [4.69, 9.17) is 14.2 Å². The number of ketones is 1. The number of carbonyl (C=O) groups is 1. The normalized spacial score (nSPS) is 21.4. The number of aromatic nitrogens is 1. The number of benzene rings is 1. The van der Waals surface area contributed by atoms with E-state index in [9.17, 15) is 9.90 Å². The zero-order valence-corrected chi connectivity index (χ0v) is 16.6. The van der Waals surface area contributed by atoms with E-state index < -0.39 is 5.60 Å². The number of aliphatic hydroxyl groups is 1. The Morgan fingerprint density at radius 3 is 2.38 bits per heavy atom. The van der Waals surface area contributed by atoms with Gasteiger partial charge in [-0.15, -0.1) is 0 Å². The minimum atomic E-state index is -1.19. The number of Topliss-reactive ketones (excluding diaryl/α,β-unsaturated/α-hetero) is 1. The number of pyridine rings is 1. The van der Waals surface area contributed by atoms with E-state index in [2.05, 4.69) is 4.98 Å². The maximum atomic E-state index is 13.1. The smallest absolute Gasteiger partial charge is 0.177 e. The van der Waals surface area contributed by atoms with Crippen molar-refractivity contribution in [3.8, 4) is 0 Å². The molecule has 1 aromatic heterocycles. The van der Waals surface area contributed by atoms with Crippen LogP contribution in [-0.4, -0.2) is 37.2 Å². The van der Waals surface area contributed by atoms with Crippen molar-refractivity contribution < 1.29 is 24.1 Å². The molecule has 2 aromatic rings. The Bertz CT molecular complexity index is 963. The third-order valence-corrected chi connectivity index (χ3v) is 4.84. The molecule has 1 N–H and O–H groups in total. The first-order chi connectivity index (χ1) is 14.1. The summed E-state index contributed by atoms with van der Waals surface area (Å²) in [6, 6.07) is 14.4. The molecular weight excluding hydrogens is 370 g/mol. The highest BCUT2D eigenvalue weighted by Gasteiger charge is 2.49. The Morgan fingerprint density at radius 1 is 1.07 bits per heavy atom. The molecule has 0 amide bonds. The van der Waals surface area contributed by atoms with Crippen molar-refractivity contribution in [3.05, 3.63) is 95.2 Å². The molecule has 6 heteroatoms. The lowest BCUT2D eigenvalue weighted by Gasteiger charge is -2.37. The SMILES string of the molecule is COC1=C(OC)C(OC)(c2ccccn2)CC(=O)C1=CC=C(O)c1ccccc1. The van der Waals surface area contributed by atoms with Gasteiger partial charge in [-0.1, -0.05) is 36.4 Å². The second kappa shape index (κ2) is 8.75. The number of methoxy groups -OCH3 is 3. The van der Waals surface area contributed by atoms with E-state index in [0.29, 0.717) is 17.0 Å². The molecule has 1 heterocycles. The Morgan fingerprint density at radius 2 is 1.79 bits per heavy atom. The van der Waals surface area contributed by atoms with Crippen LogP contribution in [-0.2, 0) is 24.6 Å². The highest BCUT2D eigenvalue weighted by Crippen LogP contribution is 2.44. The fourth-order valence-corrected chi connectivity index (χ4v) is 3.41. The quantitative estimate of drug-likeness (QED) is 0.592. The summed E-state index contributed by atoms with van der Waals surface area (Å²) in [6.07, 6.45) is 4.62. The van der Waals surface area contributed by atoms with Crippen molar-refractivity contribution in [2.45, 2.75) is 12.0 Å². The van der Waals surface area contributed by atoms with Gasteiger partial charge in [0.25, 0.3) is 0 Å². The summed E-state index contributed by atoms with van der Waals surface area (Å²) in [7, 11) is 4.46. The molecule has 1 unspecified atom stereocenters. The summed E-state index contributed by atoms with van der Waals surface area (Å²) in [6.45, 7) is 0. The van der Waals surface area contributed by atoms with Crippen LogP contribution in [0, 0.1) is 0 Å². The van der Waals surface area contributed by atoms with Crippen LogP contribution in [0.5, 0.6) is 0 Å². The van der Waals surface area contributed by atoms with E-state index in [1.165, 1.54) is 33.5 Å². The maximum Gasteiger partial charge on any atom is 0.177 e. The molecule has 6 nitrogen and oxygen atoms in total. The first kappa shape index (κ1) is 20.4. The molecule has 1 atom stereocenters. The maximum absolute atomic E-state index is 13.1. The van der Waals surface area contributed by atoms with Gasteiger partial charge in [0, 0.05) is 18.9 Å². The topological polar surface area (TPSA) is 77.9 Å². The fraction of sp³-hybridized carbons (Fsp3) is 0.217. The molecule has 0 aliphatic heterocycles. The number of hydrogen-bond donors (Lipinski definition) is 1. The summed E-state index contributed by atoms with van der Waals surface area (Å²) >= 11 is 0. The Hall–Kier alpha value is -3.38. The minimum absolute atomic E-state index is 0.0116. The summed E-state index contributed by atoms with van der Waals surface area (Å²) in [5.74, 6) is 0.411. The lowest BCUT2D eigenvalue weighted by Crippen LogP contribution is -2.40. The first-order valence-corrected chi connectivity index (χ1v) is 9.06. The second-order valence-electron chi connectivity index (χ2n) is 6.41. The van der Waals surface area contributed by atoms with Gasteiger partial charge in [-0.2, -0.15) is 0 Å². The van der Waals surface area contributed by atoms with E-state index >= 15 is 0 Å². The van der Waals surface area contributed by atoms with Crippen LogP contribution in [0.15, 0.2) is 84.0 Å². The third kappa shape index (κ3) is 3.79. The van der Waals surface area contributed by atoms with Crippen molar-refractivity contribution in [2.24, 2.45) is 0 Å². The van der Waals surface area contributed by atoms with Gasteiger partial charge >= 0.3 is 0 Å². The van der Waals surface area contributed by atoms with Gasteiger partial charge in [-0.25, -0.2) is 0 Å². The zero-order chi connectivity index (χ0) is 20.9. The molecule has 0 saturated heterocycles. The Kier molecular flexibility index (Phi) is 6.14. The zero-order valence-electron chi connectivity index (χ0n) is 16.6. The minimum Gasteiger partial charge on any atom is -0.507 e. The van der Waals surface area contributed by atoms with Gasteiger partial charge < -0.3 is 19.3 Å². The number of nitrogens with zero attached hydrogens (tertiary/aromatic N) is 1. The van der Waals surface area contributed by atoms with Crippen LogP contribution < -0.4 is 0 Å². The molecule has 1 aliphatic carbocycles. The average Bonchev–Trinajstić information content (AvgIpc) is 2.78. The molecule has 0 radical (unpaired) electrons. The molecule has 0 saturated carbocycles. The van der Waals surface area contributed by atoms with Crippen LogP contribution in [0.3, 0.4) is 0 Å². The van der Waals surface area contributed by atoms with Crippen LogP contribution in [0.1, 0.15) is 17.7 Å². The molecule has 150 valence electrons. The number of aliphatic hydroxyl groups excluding tert-OH is 1. The van der Waals surface area contributed by atoms with Crippen molar-refractivity contribution in [2.75, 3.05) is 21.3 Å². The summed E-state index contributed by atoms with van der Waals surface area (Å²) in [4.78, 5) is 17.4. The monoisotopic (exact) mass is 393 g/mol. The average molecular weight is 393 g/mol. The number of carbonyl (C=O) groups excluding carboxylic acids is 1. The van der Waals surface area contributed by atoms with E-state index in [-0.39, 0.29) is 29.3 Å². The van der Waals surface area contributed by atoms with E-state index in [0.717, 1.165) is 0 Å². The highest BCUT2D eigenvalue weighted by molar-refractivity contribution is 6.02. The van der Waals surface area contributed by atoms with Crippen molar-refractivity contribution >= 4 is 11.5 Å². The fourth-order valence-electron chi connectivity index (χ4n) is 3.41. The van der Waals surface area contributed by atoms with Crippen LogP contribution in [0.2, 0.25) is 0 Å². The van der Waals surface area contributed by atoms with E-state index in [1.807, 2.05) is 24.3 Å². The molecule has 0 spiro atoms. The molecule has 29 heavy (non-hydrogen) atoms. The molecule has 1 aliphatic rings. The van der Waals surface area contributed by atoms with Crippen molar-refractivity contribution in [3.63, 3.8) is 0 Å². The summed E-state index contributed by atoms with van der Waals surface area (Å²) < 4.78 is 17.0. The van der Waals surface area contributed by atoms with Gasteiger partial charge in [-0.05, 0) is 24.3 Å². The predicted molar refractivity (Wildman–Crippen MR) is 109 cm³/mol. The van der Waals surface area contributed by atoms with Crippen molar-refractivity contribution in [1.29, 1.82) is 0 Å². The third-order valence-electron chi connectivity index (χ3n) is 4.84. The van der Waals surface area contributed by atoms with Crippen LogP contribution >= 0.6 is 0 Å². The number of rotatable bonds is 6. The van der Waals surface area contributed by atoms with Crippen LogP contribution in [0.25, 0.3) is 5.76 Å². The number of allylic oxidation sites excluding steroid dienone is 3. The van der Waals surface area contributed by atoms with Gasteiger partial charge in [0.1, 0.15) is 5.76 Å². The lowest BCUT2D eigenvalue weighted by atomic mass is 9.81. The summed E-state index contributed by atoms with van der Waals surface area (Å²) in [5.41, 5.74) is 0.280. The predicted octanol–water partition coefficient (Wildman–Crippen LogP) is 3.93. The van der Waals surface area contributed by atoms with E-state index in [1.54, 1.807) is 30.5 Å². The Balaban J connectivity index is 2.13. The number of ether oxygens (including phenoxy) is 3. The Labute approximate surface area is 169 Å². The number of hydrogen-bond acceptors (Lipinski definition) is 6. The first-order valence-electron chi connectivity index (χ1n) is 9.06. The molecular formula is C23H23NO5. The van der Waals surface area contributed by atoms with Gasteiger partial charge in [0.2, 0.25) is 0 Å². The van der Waals surface area contributed by atoms with Crippen molar-refractivity contribution in [1.82, 2.24) is 4.98 Å². The van der Waals surface area contributed by atoms with Gasteiger partial charge in [0.05, 0.1) is 31.9 Å². The molecule has 3 rings (SSSR count). The van der Waals surface area contributed by atoms with Gasteiger partial charge in [0.15, 0.2) is 22.9 Å². The standard InChI is InChI=1S/C23H23NO5/c1-27-21-17(12-13-18(25)16-9-5-4-6-10-16)19(26)15-23(29-3,22(21)28-2)20-11-7-8-14-24-20/h4-14,25H,15H2,1-3H3.